The van der Waals surface area contributed by atoms with E-state index in [0.29, 0.717) is 26.1 Å². The normalized spacial score (nSPS) is 25.3. The van der Waals surface area contributed by atoms with Crippen molar-refractivity contribution in [3.05, 3.63) is 60.4 Å². The highest BCUT2D eigenvalue weighted by atomic mass is 19.4. The molecule has 1 saturated carbocycles. The quantitative estimate of drug-likeness (QED) is 0.271. The highest BCUT2D eigenvalue weighted by molar-refractivity contribution is 5.65. The molecule has 10 heteroatoms. The summed E-state index contributed by atoms with van der Waals surface area (Å²) in [6, 6.07) is 7.88. The van der Waals surface area contributed by atoms with Crippen molar-refractivity contribution in [2.45, 2.75) is 51.4 Å². The van der Waals surface area contributed by atoms with E-state index in [1.54, 1.807) is 0 Å². The predicted octanol–water partition coefficient (Wildman–Crippen LogP) is 7.73. The molecule has 1 heterocycles. The minimum absolute atomic E-state index is 0.0267. The smallest absolute Gasteiger partial charge is 0.432 e. The van der Waals surface area contributed by atoms with Crippen molar-refractivity contribution in [2.75, 3.05) is 13.2 Å². The first kappa shape index (κ1) is 27.3. The topological polar surface area (TPSA) is 36.9 Å². The minimum Gasteiger partial charge on any atom is -0.432 e. The van der Waals surface area contributed by atoms with Gasteiger partial charge in [0.15, 0.2) is 6.29 Å². The summed E-state index contributed by atoms with van der Waals surface area (Å²) in [5.74, 6) is -2.44. The lowest BCUT2D eigenvalue weighted by Crippen LogP contribution is -2.41. The van der Waals surface area contributed by atoms with Gasteiger partial charge >= 0.3 is 12.5 Å². The molecule has 1 saturated heterocycles. The molecule has 37 heavy (non-hydrogen) atoms. The van der Waals surface area contributed by atoms with Crippen molar-refractivity contribution < 1.29 is 45.3 Å². The van der Waals surface area contributed by atoms with Crippen LogP contribution < -0.4 is 9.47 Å². The van der Waals surface area contributed by atoms with Crippen LogP contribution in [0.4, 0.5) is 26.3 Å². The molecule has 2 aromatic rings. The summed E-state index contributed by atoms with van der Waals surface area (Å²) in [5, 5.41) is 0. The Morgan fingerprint density at radius 3 is 2.03 bits per heavy atom. The van der Waals surface area contributed by atoms with Gasteiger partial charge in [0, 0.05) is 23.5 Å². The molecule has 0 bridgehead atoms. The number of ether oxygens (including phenoxy) is 4. The lowest BCUT2D eigenvalue weighted by molar-refractivity contribution is -0.274. The van der Waals surface area contributed by atoms with Crippen LogP contribution in [0.25, 0.3) is 11.1 Å². The van der Waals surface area contributed by atoms with Crippen molar-refractivity contribution in [2.24, 2.45) is 17.8 Å². The van der Waals surface area contributed by atoms with Crippen LogP contribution in [0.1, 0.15) is 32.6 Å². The zero-order chi connectivity index (χ0) is 26.6. The van der Waals surface area contributed by atoms with Gasteiger partial charge in [0.05, 0.1) is 19.1 Å². The molecule has 1 aliphatic carbocycles. The van der Waals surface area contributed by atoms with Crippen LogP contribution in [0.3, 0.4) is 0 Å². The van der Waals surface area contributed by atoms with Crippen molar-refractivity contribution in [1.82, 2.24) is 0 Å². The van der Waals surface area contributed by atoms with Gasteiger partial charge in [-0.2, -0.15) is 8.78 Å². The second-order valence-electron chi connectivity index (χ2n) is 9.31. The molecule has 2 aliphatic rings. The third-order valence-electron chi connectivity index (χ3n) is 6.64. The van der Waals surface area contributed by atoms with Crippen LogP contribution in [-0.2, 0) is 9.47 Å². The number of alkyl halides is 5. The van der Waals surface area contributed by atoms with Crippen LogP contribution in [0.5, 0.6) is 11.5 Å². The molecule has 202 valence electrons. The standard InChI is InChI=1S/C27H28F6O4/c1-2-3-17-15-34-25(35-16-17)19-4-8-20(9-5-19)26(29,30)36-22-12-13-23(24(28)14-22)18-6-10-21(11-7-18)37-27(31,32)33/h2-3,6-7,10-14,17,19-20,25H,4-5,8-9,15-16H2,1H3/b3-2+. The maximum absolute atomic E-state index is 14.9. The molecule has 0 aromatic heterocycles. The largest absolute Gasteiger partial charge is 0.573 e. The number of halogens is 6. The van der Waals surface area contributed by atoms with Gasteiger partial charge in [-0.25, -0.2) is 4.39 Å². The Morgan fingerprint density at radius 2 is 1.46 bits per heavy atom. The summed E-state index contributed by atoms with van der Waals surface area (Å²) in [6.07, 6.45) is -3.34. The van der Waals surface area contributed by atoms with E-state index in [0.717, 1.165) is 18.2 Å². The second kappa shape index (κ2) is 11.3. The van der Waals surface area contributed by atoms with E-state index < -0.39 is 36.2 Å². The van der Waals surface area contributed by atoms with Crippen LogP contribution >= 0.6 is 0 Å². The van der Waals surface area contributed by atoms with Crippen LogP contribution in [0.2, 0.25) is 0 Å². The summed E-state index contributed by atoms with van der Waals surface area (Å²) in [7, 11) is 0. The highest BCUT2D eigenvalue weighted by Crippen LogP contribution is 2.42. The molecule has 0 atom stereocenters. The van der Waals surface area contributed by atoms with E-state index in [9.17, 15) is 26.3 Å². The van der Waals surface area contributed by atoms with Gasteiger partial charge in [-0.15, -0.1) is 13.2 Å². The Kier molecular flexibility index (Phi) is 8.38. The van der Waals surface area contributed by atoms with Crippen molar-refractivity contribution in [1.29, 1.82) is 0 Å². The summed E-state index contributed by atoms with van der Waals surface area (Å²) < 4.78 is 102. The molecular formula is C27H28F6O4. The first-order valence-electron chi connectivity index (χ1n) is 12.1. The van der Waals surface area contributed by atoms with Gasteiger partial charge in [0.1, 0.15) is 17.3 Å². The Hall–Kier alpha value is -2.72. The molecule has 0 spiro atoms. The molecule has 2 fully saturated rings. The number of hydrogen-bond acceptors (Lipinski definition) is 4. The third-order valence-corrected chi connectivity index (χ3v) is 6.64. The zero-order valence-electron chi connectivity index (χ0n) is 20.1. The summed E-state index contributed by atoms with van der Waals surface area (Å²) in [6.45, 7) is 3.01. The van der Waals surface area contributed by atoms with Gasteiger partial charge in [-0.05, 0) is 62.4 Å². The first-order chi connectivity index (χ1) is 17.5. The monoisotopic (exact) mass is 530 g/mol. The maximum atomic E-state index is 14.9. The summed E-state index contributed by atoms with van der Waals surface area (Å²) >= 11 is 0. The molecule has 0 unspecified atom stereocenters. The average molecular weight is 531 g/mol. The highest BCUT2D eigenvalue weighted by Gasteiger charge is 2.45. The first-order valence-corrected chi connectivity index (χ1v) is 12.1. The molecule has 2 aromatic carbocycles. The maximum Gasteiger partial charge on any atom is 0.573 e. The molecule has 0 amide bonds. The molecular weight excluding hydrogens is 502 g/mol. The minimum atomic E-state index is -4.84. The molecule has 4 rings (SSSR count). The van der Waals surface area contributed by atoms with Crippen LogP contribution in [-0.4, -0.2) is 32.0 Å². The number of hydrogen-bond donors (Lipinski definition) is 0. The predicted molar refractivity (Wildman–Crippen MR) is 124 cm³/mol. The zero-order valence-corrected chi connectivity index (χ0v) is 20.1. The van der Waals surface area contributed by atoms with Crippen LogP contribution in [0.15, 0.2) is 54.6 Å². The van der Waals surface area contributed by atoms with Crippen molar-refractivity contribution >= 4 is 0 Å². The van der Waals surface area contributed by atoms with Crippen LogP contribution in [0, 0.1) is 23.6 Å². The fourth-order valence-electron chi connectivity index (χ4n) is 4.79. The van der Waals surface area contributed by atoms with E-state index in [-0.39, 0.29) is 41.6 Å². The van der Waals surface area contributed by atoms with Crippen molar-refractivity contribution in [3.63, 3.8) is 0 Å². The Labute approximate surface area is 211 Å². The molecule has 1 aliphatic heterocycles. The van der Waals surface area contributed by atoms with Crippen molar-refractivity contribution in [3.8, 4) is 22.6 Å². The summed E-state index contributed by atoms with van der Waals surface area (Å²) in [4.78, 5) is 0. The van der Waals surface area contributed by atoms with Gasteiger partial charge in [0.2, 0.25) is 0 Å². The molecule has 0 N–H and O–H groups in total. The third kappa shape index (κ3) is 7.19. The lowest BCUT2D eigenvalue weighted by Gasteiger charge is -2.38. The Morgan fingerprint density at radius 1 is 0.838 bits per heavy atom. The van der Waals surface area contributed by atoms with E-state index in [1.165, 1.54) is 24.3 Å². The number of benzene rings is 2. The summed E-state index contributed by atoms with van der Waals surface area (Å²) in [5.41, 5.74) is 0.284. The fraction of sp³-hybridized carbons (Fsp3) is 0.481. The second-order valence-corrected chi connectivity index (χ2v) is 9.31. The lowest BCUT2D eigenvalue weighted by atomic mass is 9.80. The number of rotatable bonds is 7. The number of allylic oxidation sites excluding steroid dienone is 1. The fourth-order valence-corrected chi connectivity index (χ4v) is 4.79. The Balaban J connectivity index is 1.32. The SMILES string of the molecule is C/C=C/C1COC(C2CCC(C(F)(F)Oc3ccc(-c4ccc(OC(F)(F)F)cc4)c(F)c3)CC2)OC1. The van der Waals surface area contributed by atoms with Gasteiger partial charge < -0.3 is 18.9 Å². The molecule has 4 nitrogen and oxygen atoms in total. The van der Waals surface area contributed by atoms with E-state index in [4.69, 9.17) is 14.2 Å². The average Bonchev–Trinajstić information content (AvgIpc) is 2.84. The van der Waals surface area contributed by atoms with E-state index in [2.05, 4.69) is 4.74 Å². The van der Waals surface area contributed by atoms with E-state index >= 15 is 0 Å². The molecule has 0 radical (unpaired) electrons. The van der Waals surface area contributed by atoms with Gasteiger partial charge in [-0.1, -0.05) is 24.3 Å². The van der Waals surface area contributed by atoms with E-state index in [1.807, 2.05) is 19.1 Å². The van der Waals surface area contributed by atoms with Gasteiger partial charge in [0.25, 0.3) is 0 Å². The van der Waals surface area contributed by atoms with Gasteiger partial charge in [-0.3, -0.25) is 0 Å². The Bertz CT molecular complexity index is 1050.